The van der Waals surface area contributed by atoms with Gasteiger partial charge in [-0.3, -0.25) is 9.55 Å². The molecule has 0 aliphatic carbocycles. The Balaban J connectivity index is 1.32. The van der Waals surface area contributed by atoms with Gasteiger partial charge >= 0.3 is 5.69 Å². The van der Waals surface area contributed by atoms with Gasteiger partial charge in [-0.25, -0.2) is 13.6 Å². The molecule has 3 aromatic rings. The molecule has 11 heteroatoms. The zero-order valence-corrected chi connectivity index (χ0v) is 18.1. The Morgan fingerprint density at radius 2 is 1.94 bits per heavy atom. The van der Waals surface area contributed by atoms with E-state index in [4.69, 9.17) is 9.47 Å². The molecule has 7 nitrogen and oxygen atoms in total. The highest BCUT2D eigenvalue weighted by molar-refractivity contribution is 5.48. The monoisotopic (exact) mass is 476 g/mol. The molecule has 2 aromatic heterocycles. The highest BCUT2D eigenvalue weighted by atomic mass is 19.3. The van der Waals surface area contributed by atoms with Crippen molar-refractivity contribution in [2.75, 3.05) is 11.4 Å². The van der Waals surface area contributed by atoms with E-state index in [-0.39, 0.29) is 29.8 Å². The number of hydrogen-bond donors (Lipinski definition) is 0. The van der Waals surface area contributed by atoms with E-state index in [1.807, 2.05) is 0 Å². The first-order chi connectivity index (χ1) is 16.2. The molecule has 0 radical (unpaired) electrons. The third-order valence-electron chi connectivity index (χ3n) is 5.88. The molecular formula is C23H20F4N4O3. The second kappa shape index (κ2) is 8.30. The van der Waals surface area contributed by atoms with Gasteiger partial charge in [-0.05, 0) is 36.6 Å². The van der Waals surface area contributed by atoms with Crippen LogP contribution >= 0.6 is 0 Å². The van der Waals surface area contributed by atoms with E-state index in [1.54, 1.807) is 10.6 Å². The van der Waals surface area contributed by atoms with E-state index >= 15 is 0 Å². The van der Waals surface area contributed by atoms with E-state index in [9.17, 15) is 22.4 Å². The van der Waals surface area contributed by atoms with Crippen molar-refractivity contribution in [2.24, 2.45) is 0 Å². The van der Waals surface area contributed by atoms with Crippen molar-refractivity contribution in [3.63, 3.8) is 0 Å². The number of ether oxygens (including phenoxy) is 2. The molecule has 0 bridgehead atoms. The predicted octanol–water partition coefficient (Wildman–Crippen LogP) is 4.38. The Hall–Kier alpha value is -3.63. The highest BCUT2D eigenvalue weighted by Gasteiger charge is 2.34. The molecule has 4 heterocycles. The van der Waals surface area contributed by atoms with Gasteiger partial charge in [0.2, 0.25) is 5.88 Å². The van der Waals surface area contributed by atoms with Crippen molar-refractivity contribution in [1.29, 1.82) is 0 Å². The second-order valence-corrected chi connectivity index (χ2v) is 8.38. The van der Waals surface area contributed by atoms with Crippen LogP contribution in [0.5, 0.6) is 17.4 Å². The molecule has 1 fully saturated rings. The fourth-order valence-corrected chi connectivity index (χ4v) is 4.28. The van der Waals surface area contributed by atoms with Gasteiger partial charge in [-0.1, -0.05) is 0 Å². The van der Waals surface area contributed by atoms with E-state index in [0.29, 0.717) is 13.5 Å². The molecule has 1 atom stereocenters. The van der Waals surface area contributed by atoms with Gasteiger partial charge in [0.15, 0.2) is 17.4 Å². The maximum atomic E-state index is 14.6. The van der Waals surface area contributed by atoms with E-state index in [1.165, 1.54) is 6.07 Å². The minimum absolute atomic E-state index is 0.0646. The Kier molecular flexibility index (Phi) is 5.41. The molecule has 178 valence electrons. The van der Waals surface area contributed by atoms with Crippen LogP contribution in [0.4, 0.5) is 23.4 Å². The Bertz CT molecular complexity index is 1290. The number of alkyl halides is 2. The van der Waals surface area contributed by atoms with Gasteiger partial charge in [0.25, 0.3) is 5.92 Å². The van der Waals surface area contributed by atoms with Crippen LogP contribution in [-0.4, -0.2) is 27.1 Å². The summed E-state index contributed by atoms with van der Waals surface area (Å²) in [4.78, 5) is 21.9. The van der Waals surface area contributed by atoms with Gasteiger partial charge in [0.05, 0.1) is 0 Å². The molecule has 0 saturated carbocycles. The topological polar surface area (TPSA) is 69.5 Å². The van der Waals surface area contributed by atoms with Crippen LogP contribution in [0.2, 0.25) is 0 Å². The maximum absolute atomic E-state index is 14.6. The maximum Gasteiger partial charge on any atom is 0.352 e. The van der Waals surface area contributed by atoms with Gasteiger partial charge in [-0.2, -0.15) is 13.8 Å². The number of fused-ring (bicyclic) bond motifs is 3. The van der Waals surface area contributed by atoms with Gasteiger partial charge < -0.3 is 14.4 Å². The van der Waals surface area contributed by atoms with Crippen LogP contribution in [0, 0.1) is 11.6 Å². The summed E-state index contributed by atoms with van der Waals surface area (Å²) < 4.78 is 68.4. The third-order valence-corrected chi connectivity index (χ3v) is 5.88. The zero-order valence-electron chi connectivity index (χ0n) is 18.1. The van der Waals surface area contributed by atoms with Crippen molar-refractivity contribution in [3.05, 3.63) is 69.9 Å². The van der Waals surface area contributed by atoms with Crippen LogP contribution in [0.1, 0.15) is 31.0 Å². The predicted molar refractivity (Wildman–Crippen MR) is 113 cm³/mol. The largest absolute Gasteiger partial charge is 0.473 e. The number of halogens is 4. The molecular weight excluding hydrogens is 456 g/mol. The molecule has 0 N–H and O–H groups in total. The molecule has 34 heavy (non-hydrogen) atoms. The number of pyridine rings is 1. The lowest BCUT2D eigenvalue weighted by atomic mass is 10.2. The molecule has 5 rings (SSSR count). The van der Waals surface area contributed by atoms with Crippen molar-refractivity contribution in [1.82, 2.24) is 14.5 Å². The molecule has 0 spiro atoms. The Labute approximate surface area is 191 Å². The normalized spacial score (nSPS) is 17.0. The van der Waals surface area contributed by atoms with E-state index in [2.05, 4.69) is 14.9 Å². The lowest BCUT2D eigenvalue weighted by molar-refractivity contribution is 0.0125. The van der Waals surface area contributed by atoms with Crippen molar-refractivity contribution < 1.29 is 27.0 Å². The smallest absolute Gasteiger partial charge is 0.352 e. The van der Waals surface area contributed by atoms with Crippen molar-refractivity contribution >= 4 is 5.82 Å². The summed E-state index contributed by atoms with van der Waals surface area (Å²) in [6.45, 7) is 1.85. The van der Waals surface area contributed by atoms with Crippen LogP contribution in [0.15, 0.2) is 41.3 Å². The third kappa shape index (κ3) is 4.17. The number of benzene rings is 1. The van der Waals surface area contributed by atoms with Gasteiger partial charge in [0, 0.05) is 44.4 Å². The number of anilines is 1. The molecule has 1 unspecified atom stereocenters. The lowest BCUT2D eigenvalue weighted by Gasteiger charge is -2.17. The van der Waals surface area contributed by atoms with E-state index < -0.39 is 34.7 Å². The first-order valence-corrected chi connectivity index (χ1v) is 10.7. The second-order valence-electron chi connectivity index (χ2n) is 8.38. The van der Waals surface area contributed by atoms with Gasteiger partial charge in [-0.15, -0.1) is 0 Å². The average Bonchev–Trinajstić information content (AvgIpc) is 3.37. The summed E-state index contributed by atoms with van der Waals surface area (Å²) in [5.41, 5.74) is -0.884. The molecule has 2 aliphatic heterocycles. The minimum Gasteiger partial charge on any atom is -0.473 e. The number of aromatic nitrogens is 3. The van der Waals surface area contributed by atoms with Crippen LogP contribution in [0.3, 0.4) is 0 Å². The summed E-state index contributed by atoms with van der Waals surface area (Å²) in [5, 5.41) is 0. The van der Waals surface area contributed by atoms with Crippen LogP contribution in [-0.2, 0) is 19.1 Å². The molecule has 0 amide bonds. The first-order valence-electron chi connectivity index (χ1n) is 10.7. The van der Waals surface area contributed by atoms with Crippen molar-refractivity contribution in [2.45, 2.75) is 44.9 Å². The lowest BCUT2D eigenvalue weighted by Crippen LogP contribution is -2.24. The quantitative estimate of drug-likeness (QED) is 0.492. The van der Waals surface area contributed by atoms with Crippen molar-refractivity contribution in [3.8, 4) is 17.4 Å². The summed E-state index contributed by atoms with van der Waals surface area (Å²) in [6.07, 6.45) is 3.12. The van der Waals surface area contributed by atoms with E-state index in [0.717, 1.165) is 49.6 Å². The average molecular weight is 476 g/mol. The number of nitrogens with zero attached hydrogens (tertiary/aromatic N) is 4. The van der Waals surface area contributed by atoms with Gasteiger partial charge in [0.1, 0.15) is 23.9 Å². The Morgan fingerprint density at radius 3 is 2.68 bits per heavy atom. The Morgan fingerprint density at radius 1 is 1.18 bits per heavy atom. The first kappa shape index (κ1) is 22.2. The van der Waals surface area contributed by atoms with Crippen LogP contribution in [0.25, 0.3) is 0 Å². The SMILES string of the molecule is CC(F)(F)c1cc(Oc2c(F)cc(COc3cc4n(c(=O)n3)CC3CCCN43)cc2F)ccn1. The summed E-state index contributed by atoms with van der Waals surface area (Å²) in [5.74, 6) is -5.45. The highest BCUT2D eigenvalue weighted by Crippen LogP contribution is 2.34. The fraction of sp³-hybridized carbons (Fsp3) is 0.348. The summed E-state index contributed by atoms with van der Waals surface area (Å²) >= 11 is 0. The zero-order chi connectivity index (χ0) is 24.0. The standard InChI is InChI=1S/C23H20F4N4O3/c1-23(26,27)18-9-15(4-5-28-18)34-21-16(24)7-13(8-17(21)25)12-33-19-10-20-30-6-2-3-14(30)11-31(20)22(32)29-19/h4-5,7-10,14H,2-3,6,11-12H2,1H3. The molecule has 2 aliphatic rings. The summed E-state index contributed by atoms with van der Waals surface area (Å²) in [6, 6.07) is 6.08. The fourth-order valence-electron chi connectivity index (χ4n) is 4.28. The number of hydrogen-bond acceptors (Lipinski definition) is 6. The minimum atomic E-state index is -3.23. The molecule has 1 saturated heterocycles. The van der Waals surface area contributed by atoms with Crippen LogP contribution < -0.4 is 20.1 Å². The summed E-state index contributed by atoms with van der Waals surface area (Å²) in [7, 11) is 0. The molecule has 1 aromatic carbocycles. The number of rotatable bonds is 6.